The molecule has 0 radical (unpaired) electrons. The smallest absolute Gasteiger partial charge is 0.374 e. The van der Waals surface area contributed by atoms with Crippen LogP contribution in [-0.4, -0.2) is 42.9 Å². The van der Waals surface area contributed by atoms with Gasteiger partial charge in [-0.1, -0.05) is 18.2 Å². The molecule has 3 rings (SSSR count). The van der Waals surface area contributed by atoms with E-state index in [-0.39, 0.29) is 24.8 Å². The molecule has 1 aromatic carbocycles. The third-order valence-corrected chi connectivity index (χ3v) is 3.80. The van der Waals surface area contributed by atoms with Crippen molar-refractivity contribution in [3.8, 4) is 0 Å². The van der Waals surface area contributed by atoms with Crippen molar-refractivity contribution >= 4 is 28.8 Å². The first-order valence-corrected chi connectivity index (χ1v) is 8.21. The van der Waals surface area contributed by atoms with Crippen LogP contribution in [0.5, 0.6) is 0 Å². The minimum absolute atomic E-state index is 0.0165. The lowest BCUT2D eigenvalue weighted by Crippen LogP contribution is -2.39. The molecule has 0 saturated carbocycles. The maximum Gasteiger partial charge on any atom is 0.374 e. The highest BCUT2D eigenvalue weighted by Gasteiger charge is 2.18. The standard InChI is InChI=1S/C19H18N2O6/c1-21(11-17(22)20-10-14-6-4-8-25-14)18(23)12-26-19(24)16-9-13-5-2-3-7-15(13)27-16/h2-9H,10-12H2,1H3,(H,20,22). The summed E-state index contributed by atoms with van der Waals surface area (Å²) >= 11 is 0. The number of furan rings is 2. The maximum absolute atomic E-state index is 12.0. The van der Waals surface area contributed by atoms with Crippen LogP contribution < -0.4 is 5.32 Å². The van der Waals surface area contributed by atoms with Gasteiger partial charge >= 0.3 is 5.97 Å². The number of benzene rings is 1. The van der Waals surface area contributed by atoms with Crippen LogP contribution in [0.1, 0.15) is 16.3 Å². The first-order valence-electron chi connectivity index (χ1n) is 8.21. The van der Waals surface area contributed by atoms with Gasteiger partial charge in [-0.3, -0.25) is 9.59 Å². The number of hydrogen-bond donors (Lipinski definition) is 1. The lowest BCUT2D eigenvalue weighted by atomic mass is 10.2. The number of ether oxygens (including phenoxy) is 1. The molecule has 2 aromatic heterocycles. The molecule has 0 aliphatic carbocycles. The van der Waals surface area contributed by atoms with Crippen molar-refractivity contribution in [1.82, 2.24) is 10.2 Å². The van der Waals surface area contributed by atoms with Gasteiger partial charge in [-0.25, -0.2) is 4.79 Å². The zero-order valence-corrected chi connectivity index (χ0v) is 14.6. The molecule has 27 heavy (non-hydrogen) atoms. The summed E-state index contributed by atoms with van der Waals surface area (Å²) in [5.74, 6) is -0.978. The van der Waals surface area contributed by atoms with Crippen LogP contribution in [0.25, 0.3) is 11.0 Å². The van der Waals surface area contributed by atoms with Crippen LogP contribution in [0.2, 0.25) is 0 Å². The number of nitrogens with zero attached hydrogens (tertiary/aromatic N) is 1. The molecule has 1 N–H and O–H groups in total. The average Bonchev–Trinajstić information content (AvgIpc) is 3.33. The fourth-order valence-electron chi connectivity index (χ4n) is 2.35. The van der Waals surface area contributed by atoms with Crippen molar-refractivity contribution in [1.29, 1.82) is 0 Å². The summed E-state index contributed by atoms with van der Waals surface area (Å²) < 4.78 is 15.5. The number of esters is 1. The molecule has 0 aliphatic heterocycles. The SMILES string of the molecule is CN(CC(=O)NCc1ccco1)C(=O)COC(=O)c1cc2ccccc2o1. The van der Waals surface area contributed by atoms with Gasteiger partial charge in [0.05, 0.1) is 19.4 Å². The normalized spacial score (nSPS) is 10.6. The van der Waals surface area contributed by atoms with E-state index in [1.807, 2.05) is 6.07 Å². The Balaban J connectivity index is 1.44. The van der Waals surface area contributed by atoms with Crippen LogP contribution in [0.15, 0.2) is 57.6 Å². The number of carbonyl (C=O) groups excluding carboxylic acids is 3. The van der Waals surface area contributed by atoms with E-state index < -0.39 is 18.5 Å². The molecule has 0 saturated heterocycles. The van der Waals surface area contributed by atoms with E-state index >= 15 is 0 Å². The van der Waals surface area contributed by atoms with Crippen molar-refractivity contribution in [3.63, 3.8) is 0 Å². The molecule has 0 aliphatic rings. The molecule has 140 valence electrons. The fraction of sp³-hybridized carbons (Fsp3) is 0.211. The first-order chi connectivity index (χ1) is 13.0. The Morgan fingerprint density at radius 3 is 2.70 bits per heavy atom. The maximum atomic E-state index is 12.0. The molecular weight excluding hydrogens is 352 g/mol. The fourth-order valence-corrected chi connectivity index (χ4v) is 2.35. The summed E-state index contributed by atoms with van der Waals surface area (Å²) in [6.07, 6.45) is 1.51. The number of hydrogen-bond acceptors (Lipinski definition) is 6. The van der Waals surface area contributed by atoms with E-state index in [0.717, 1.165) is 5.39 Å². The van der Waals surface area contributed by atoms with Crippen molar-refractivity contribution < 1.29 is 28.0 Å². The highest BCUT2D eigenvalue weighted by atomic mass is 16.5. The molecular formula is C19H18N2O6. The molecule has 2 heterocycles. The van der Waals surface area contributed by atoms with Gasteiger partial charge in [0, 0.05) is 12.4 Å². The third-order valence-electron chi connectivity index (χ3n) is 3.80. The Bertz CT molecular complexity index is 911. The number of rotatable bonds is 7. The molecule has 8 heteroatoms. The lowest BCUT2D eigenvalue weighted by molar-refractivity contribution is -0.137. The molecule has 3 aromatic rings. The second-order valence-electron chi connectivity index (χ2n) is 5.83. The van der Waals surface area contributed by atoms with Crippen molar-refractivity contribution in [2.45, 2.75) is 6.54 Å². The van der Waals surface area contributed by atoms with E-state index in [1.54, 1.807) is 36.4 Å². The van der Waals surface area contributed by atoms with Gasteiger partial charge in [0.1, 0.15) is 11.3 Å². The van der Waals surface area contributed by atoms with Gasteiger partial charge in [-0.05, 0) is 24.3 Å². The van der Waals surface area contributed by atoms with Crippen molar-refractivity contribution in [2.24, 2.45) is 0 Å². The second kappa shape index (κ2) is 8.22. The molecule has 8 nitrogen and oxygen atoms in total. The Labute approximate surface area is 154 Å². The summed E-state index contributed by atoms with van der Waals surface area (Å²) in [5, 5.41) is 3.39. The highest BCUT2D eigenvalue weighted by molar-refractivity contribution is 5.94. The number of likely N-dealkylation sites (N-methyl/N-ethyl adjacent to an activating group) is 1. The zero-order chi connectivity index (χ0) is 19.2. The Hall–Kier alpha value is -3.55. The first kappa shape index (κ1) is 18.2. The number of fused-ring (bicyclic) bond motifs is 1. The van der Waals surface area contributed by atoms with E-state index in [4.69, 9.17) is 13.6 Å². The predicted molar refractivity (Wildman–Crippen MR) is 94.7 cm³/mol. The highest BCUT2D eigenvalue weighted by Crippen LogP contribution is 2.19. The van der Waals surface area contributed by atoms with E-state index in [0.29, 0.717) is 11.3 Å². The van der Waals surface area contributed by atoms with Crippen LogP contribution >= 0.6 is 0 Å². The van der Waals surface area contributed by atoms with Gasteiger partial charge in [-0.2, -0.15) is 0 Å². The number of carbonyl (C=O) groups is 3. The van der Waals surface area contributed by atoms with Gasteiger partial charge in [0.15, 0.2) is 6.61 Å². The van der Waals surface area contributed by atoms with Gasteiger partial charge in [-0.15, -0.1) is 0 Å². The van der Waals surface area contributed by atoms with Gasteiger partial charge in [0.25, 0.3) is 5.91 Å². The summed E-state index contributed by atoms with van der Waals surface area (Å²) in [5.41, 5.74) is 0.557. The zero-order valence-electron chi connectivity index (χ0n) is 14.6. The predicted octanol–water partition coefficient (Wildman–Crippen LogP) is 1.96. The molecule has 0 fully saturated rings. The number of nitrogens with one attached hydrogen (secondary N) is 1. The van der Waals surface area contributed by atoms with E-state index in [1.165, 1.54) is 18.2 Å². The summed E-state index contributed by atoms with van der Waals surface area (Å²) in [4.78, 5) is 37.1. The molecule has 0 unspecified atom stereocenters. The monoisotopic (exact) mass is 370 g/mol. The molecule has 0 spiro atoms. The topological polar surface area (TPSA) is 102 Å². The molecule has 0 bridgehead atoms. The summed E-state index contributed by atoms with van der Waals surface area (Å²) in [7, 11) is 1.45. The van der Waals surface area contributed by atoms with Crippen LogP contribution in [0.4, 0.5) is 0 Å². The third kappa shape index (κ3) is 4.75. The van der Waals surface area contributed by atoms with Gasteiger partial charge < -0.3 is 23.8 Å². The van der Waals surface area contributed by atoms with E-state index in [2.05, 4.69) is 5.32 Å². The Kier molecular flexibility index (Phi) is 5.55. The Morgan fingerprint density at radius 1 is 1.15 bits per heavy atom. The Morgan fingerprint density at radius 2 is 1.96 bits per heavy atom. The van der Waals surface area contributed by atoms with Crippen LogP contribution in [0.3, 0.4) is 0 Å². The average molecular weight is 370 g/mol. The minimum atomic E-state index is -0.741. The molecule has 2 amide bonds. The van der Waals surface area contributed by atoms with Crippen molar-refractivity contribution in [3.05, 3.63) is 60.2 Å². The lowest BCUT2D eigenvalue weighted by Gasteiger charge is -2.16. The quantitative estimate of drug-likeness (QED) is 0.638. The minimum Gasteiger partial charge on any atom is -0.467 e. The van der Waals surface area contributed by atoms with Crippen LogP contribution in [-0.2, 0) is 20.9 Å². The summed E-state index contributed by atoms with van der Waals surface area (Å²) in [6.45, 7) is -0.422. The summed E-state index contributed by atoms with van der Waals surface area (Å²) in [6, 6.07) is 12.1. The van der Waals surface area contributed by atoms with E-state index in [9.17, 15) is 14.4 Å². The number of para-hydroxylation sites is 1. The number of amides is 2. The van der Waals surface area contributed by atoms with Crippen LogP contribution in [0, 0.1) is 0 Å². The molecule has 0 atom stereocenters. The largest absolute Gasteiger partial charge is 0.467 e. The van der Waals surface area contributed by atoms with Crippen molar-refractivity contribution in [2.75, 3.05) is 20.2 Å². The second-order valence-corrected chi connectivity index (χ2v) is 5.83. The van der Waals surface area contributed by atoms with Gasteiger partial charge in [0.2, 0.25) is 11.7 Å².